The summed E-state index contributed by atoms with van der Waals surface area (Å²) in [5.41, 5.74) is 0.528. The van der Waals surface area contributed by atoms with Gasteiger partial charge in [0.1, 0.15) is 5.60 Å². The van der Waals surface area contributed by atoms with E-state index in [1.165, 1.54) is 18.2 Å². The number of hydrogen-bond donors (Lipinski definition) is 1. The second-order valence-corrected chi connectivity index (χ2v) is 6.62. The maximum absolute atomic E-state index is 12.5. The SMILES string of the molecule is CC(C)(C)OC(=O)c1ccc(Nc2ccc(OC(F)F)c(OC(F)F)c2)cc1. The minimum atomic E-state index is -3.21. The van der Waals surface area contributed by atoms with Crippen LogP contribution in [-0.2, 0) is 4.74 Å². The number of carbonyl (C=O) groups is 1. The van der Waals surface area contributed by atoms with E-state index in [1.807, 2.05) is 0 Å². The average Bonchev–Trinajstić information content (AvgIpc) is 2.55. The molecule has 0 unspecified atom stereocenters. The quantitative estimate of drug-likeness (QED) is 0.484. The Bertz CT molecular complexity index is 805. The Morgan fingerprint density at radius 2 is 1.39 bits per heavy atom. The molecule has 0 aliphatic rings. The standard InChI is InChI=1S/C19H19F4NO4/c1-19(2,3)28-16(25)11-4-6-12(7-5-11)24-13-8-9-14(26-17(20)21)15(10-13)27-18(22)23/h4-10,17-18,24H,1-3H3. The zero-order chi connectivity index (χ0) is 20.9. The first-order valence-electron chi connectivity index (χ1n) is 8.17. The molecule has 152 valence electrons. The Morgan fingerprint density at radius 1 is 0.857 bits per heavy atom. The third-order valence-electron chi connectivity index (χ3n) is 3.18. The average molecular weight is 401 g/mol. The molecule has 0 saturated carbocycles. The van der Waals surface area contributed by atoms with E-state index in [4.69, 9.17) is 4.74 Å². The van der Waals surface area contributed by atoms with Gasteiger partial charge < -0.3 is 19.5 Å². The summed E-state index contributed by atoms with van der Waals surface area (Å²) in [7, 11) is 0. The third kappa shape index (κ3) is 6.64. The number of ether oxygens (including phenoxy) is 3. The molecule has 0 bridgehead atoms. The molecule has 2 rings (SSSR count). The number of nitrogens with one attached hydrogen (secondary N) is 1. The summed E-state index contributed by atoms with van der Waals surface area (Å²) in [5.74, 6) is -1.54. The third-order valence-corrected chi connectivity index (χ3v) is 3.18. The van der Waals surface area contributed by atoms with Crippen LogP contribution in [0, 0.1) is 0 Å². The summed E-state index contributed by atoms with van der Waals surface area (Å²) in [6, 6.07) is 9.76. The van der Waals surface area contributed by atoms with Gasteiger partial charge in [-0.05, 0) is 57.2 Å². The smallest absolute Gasteiger partial charge is 0.387 e. The number of rotatable bonds is 7. The number of alkyl halides is 4. The van der Waals surface area contributed by atoms with E-state index in [0.717, 1.165) is 12.1 Å². The lowest BCUT2D eigenvalue weighted by Crippen LogP contribution is -2.23. The number of esters is 1. The van der Waals surface area contributed by atoms with E-state index in [-0.39, 0.29) is 0 Å². The lowest BCUT2D eigenvalue weighted by molar-refractivity contribution is -0.0691. The first-order chi connectivity index (χ1) is 13.0. The summed E-state index contributed by atoms with van der Waals surface area (Å²) in [6.45, 7) is -1.13. The van der Waals surface area contributed by atoms with Crippen LogP contribution in [0.15, 0.2) is 42.5 Å². The molecule has 0 spiro atoms. The van der Waals surface area contributed by atoms with Crippen molar-refractivity contribution >= 4 is 17.3 Å². The summed E-state index contributed by atoms with van der Waals surface area (Å²) >= 11 is 0. The van der Waals surface area contributed by atoms with Gasteiger partial charge in [-0.15, -0.1) is 0 Å². The van der Waals surface area contributed by atoms with Crippen LogP contribution in [0.5, 0.6) is 11.5 Å². The second-order valence-electron chi connectivity index (χ2n) is 6.62. The van der Waals surface area contributed by atoms with Crippen molar-refractivity contribution in [2.75, 3.05) is 5.32 Å². The molecule has 0 amide bonds. The lowest BCUT2D eigenvalue weighted by Gasteiger charge is -2.19. The topological polar surface area (TPSA) is 56.8 Å². The molecular weight excluding hydrogens is 382 g/mol. The first-order valence-corrected chi connectivity index (χ1v) is 8.17. The van der Waals surface area contributed by atoms with Crippen molar-refractivity contribution < 1.29 is 36.6 Å². The van der Waals surface area contributed by atoms with Gasteiger partial charge in [0.15, 0.2) is 11.5 Å². The highest BCUT2D eigenvalue weighted by Gasteiger charge is 2.18. The maximum atomic E-state index is 12.5. The van der Waals surface area contributed by atoms with Gasteiger partial charge in [0.25, 0.3) is 0 Å². The highest BCUT2D eigenvalue weighted by Crippen LogP contribution is 2.34. The van der Waals surface area contributed by atoms with Gasteiger partial charge in [-0.1, -0.05) is 0 Å². The van der Waals surface area contributed by atoms with Crippen molar-refractivity contribution in [3.8, 4) is 11.5 Å². The number of benzene rings is 2. The van der Waals surface area contributed by atoms with Gasteiger partial charge >= 0.3 is 19.2 Å². The van der Waals surface area contributed by atoms with Crippen LogP contribution < -0.4 is 14.8 Å². The van der Waals surface area contributed by atoms with Crippen LogP contribution in [0.2, 0.25) is 0 Å². The van der Waals surface area contributed by atoms with E-state index in [9.17, 15) is 22.4 Å². The Kier molecular flexibility index (Phi) is 6.71. The fraction of sp³-hybridized carbons (Fsp3) is 0.316. The molecule has 0 atom stereocenters. The molecule has 5 nitrogen and oxygen atoms in total. The van der Waals surface area contributed by atoms with Crippen molar-refractivity contribution in [3.63, 3.8) is 0 Å². The van der Waals surface area contributed by atoms with E-state index in [2.05, 4.69) is 14.8 Å². The highest BCUT2D eigenvalue weighted by molar-refractivity contribution is 5.90. The summed E-state index contributed by atoms with van der Waals surface area (Å²) in [5, 5.41) is 2.89. The van der Waals surface area contributed by atoms with Crippen LogP contribution in [0.3, 0.4) is 0 Å². The largest absolute Gasteiger partial charge is 0.456 e. The van der Waals surface area contributed by atoms with Crippen molar-refractivity contribution in [3.05, 3.63) is 48.0 Å². The molecule has 0 aliphatic carbocycles. The molecule has 0 aromatic heterocycles. The molecule has 9 heteroatoms. The fourth-order valence-corrected chi connectivity index (χ4v) is 2.16. The monoisotopic (exact) mass is 401 g/mol. The van der Waals surface area contributed by atoms with E-state index in [1.54, 1.807) is 32.9 Å². The van der Waals surface area contributed by atoms with E-state index in [0.29, 0.717) is 16.9 Å². The maximum Gasteiger partial charge on any atom is 0.387 e. The van der Waals surface area contributed by atoms with E-state index >= 15 is 0 Å². The summed E-state index contributed by atoms with van der Waals surface area (Å²) in [4.78, 5) is 12.0. The van der Waals surface area contributed by atoms with Crippen LogP contribution in [0.25, 0.3) is 0 Å². The molecule has 2 aromatic carbocycles. The van der Waals surface area contributed by atoms with Crippen LogP contribution >= 0.6 is 0 Å². The summed E-state index contributed by atoms with van der Waals surface area (Å²) in [6.07, 6.45) is 0. The Labute approximate surface area is 159 Å². The zero-order valence-electron chi connectivity index (χ0n) is 15.3. The van der Waals surface area contributed by atoms with Crippen LogP contribution in [-0.4, -0.2) is 24.8 Å². The molecular formula is C19H19F4NO4. The Hall–Kier alpha value is -2.97. The van der Waals surface area contributed by atoms with Crippen LogP contribution in [0.1, 0.15) is 31.1 Å². The molecule has 0 radical (unpaired) electrons. The van der Waals surface area contributed by atoms with Gasteiger partial charge in [-0.2, -0.15) is 17.6 Å². The predicted octanol–water partition coefficient (Wildman–Crippen LogP) is 5.59. The van der Waals surface area contributed by atoms with Crippen LogP contribution in [0.4, 0.5) is 28.9 Å². The zero-order valence-corrected chi connectivity index (χ0v) is 15.3. The number of hydrogen-bond acceptors (Lipinski definition) is 5. The molecule has 2 aromatic rings. The van der Waals surface area contributed by atoms with Crippen molar-refractivity contribution in [2.24, 2.45) is 0 Å². The minimum absolute atomic E-state index is 0.294. The van der Waals surface area contributed by atoms with Crippen molar-refractivity contribution in [1.29, 1.82) is 0 Å². The molecule has 0 fully saturated rings. The first kappa shape index (κ1) is 21.3. The number of anilines is 2. The minimum Gasteiger partial charge on any atom is -0.456 e. The van der Waals surface area contributed by atoms with E-state index < -0.39 is 36.3 Å². The van der Waals surface area contributed by atoms with Crippen molar-refractivity contribution in [2.45, 2.75) is 39.6 Å². The highest BCUT2D eigenvalue weighted by atomic mass is 19.3. The lowest BCUT2D eigenvalue weighted by atomic mass is 10.1. The molecule has 0 aliphatic heterocycles. The summed E-state index contributed by atoms with van der Waals surface area (Å²) < 4.78 is 63.4. The fourth-order valence-electron chi connectivity index (χ4n) is 2.16. The Morgan fingerprint density at radius 3 is 1.93 bits per heavy atom. The molecule has 1 N–H and O–H groups in total. The van der Waals surface area contributed by atoms with Gasteiger partial charge in [-0.25, -0.2) is 4.79 Å². The predicted molar refractivity (Wildman–Crippen MR) is 94.6 cm³/mol. The molecule has 28 heavy (non-hydrogen) atoms. The van der Waals surface area contributed by atoms with Gasteiger partial charge in [0.05, 0.1) is 5.56 Å². The van der Waals surface area contributed by atoms with Gasteiger partial charge in [-0.3, -0.25) is 0 Å². The van der Waals surface area contributed by atoms with Crippen molar-refractivity contribution in [1.82, 2.24) is 0 Å². The molecule has 0 heterocycles. The number of carbonyl (C=O) groups excluding carboxylic acids is 1. The second kappa shape index (κ2) is 8.81. The number of halogens is 4. The van der Waals surface area contributed by atoms with Gasteiger partial charge in [0.2, 0.25) is 0 Å². The van der Waals surface area contributed by atoms with Gasteiger partial charge in [0, 0.05) is 17.4 Å². The Balaban J connectivity index is 2.15. The normalized spacial score (nSPS) is 11.5. The molecule has 0 saturated heterocycles.